The van der Waals surface area contributed by atoms with E-state index in [1.165, 1.54) is 0 Å². The summed E-state index contributed by atoms with van der Waals surface area (Å²) in [6.45, 7) is 0. The number of aromatic nitrogens is 2. The summed E-state index contributed by atoms with van der Waals surface area (Å²) in [5, 5.41) is 6.33. The van der Waals surface area contributed by atoms with Crippen molar-refractivity contribution >= 4 is 10.8 Å². The quantitative estimate of drug-likeness (QED) is 0.350. The molecule has 3 nitrogen and oxygen atoms in total. The molecule has 0 amide bonds. The third-order valence-electron chi connectivity index (χ3n) is 4.92. The highest BCUT2D eigenvalue weighted by Crippen LogP contribution is 2.29. The van der Waals surface area contributed by atoms with Gasteiger partial charge in [-0.15, -0.1) is 0 Å². The summed E-state index contributed by atoms with van der Waals surface area (Å²) in [4.78, 5) is 4.11. The van der Waals surface area contributed by atoms with Crippen LogP contribution >= 0.6 is 0 Å². The van der Waals surface area contributed by atoms with Crippen molar-refractivity contribution in [2.75, 3.05) is 0 Å². The van der Waals surface area contributed by atoms with Crippen molar-refractivity contribution in [1.29, 1.82) is 0 Å². The van der Waals surface area contributed by atoms with Crippen LogP contribution in [0.15, 0.2) is 71.5 Å². The fourth-order valence-electron chi connectivity index (χ4n) is 3.30. The number of aryl methyl sites for hydroxylation is 2. The molecule has 0 bridgehead atoms. The Morgan fingerprint density at radius 1 is 0.828 bits per heavy atom. The Morgan fingerprint density at radius 3 is 2.41 bits per heavy atom. The largest absolute Gasteiger partial charge is 0.416 e. The normalized spacial score (nSPS) is 11.8. The maximum Gasteiger partial charge on any atom is 0.416 e. The van der Waals surface area contributed by atoms with Crippen LogP contribution in [-0.2, 0) is 19.0 Å². The summed E-state index contributed by atoms with van der Waals surface area (Å²) in [5.74, 6) is 0.808. The van der Waals surface area contributed by atoms with Crippen molar-refractivity contribution in [1.82, 2.24) is 10.1 Å². The number of pyridine rings is 1. The molecule has 0 aliphatic carbocycles. The molecule has 0 unspecified atom stereocenters. The Balaban J connectivity index is 1.31. The van der Waals surface area contributed by atoms with Crippen LogP contribution in [0.5, 0.6) is 0 Å². The van der Waals surface area contributed by atoms with E-state index in [1.807, 2.05) is 30.5 Å². The number of hydrogen-bond donors (Lipinski definition) is 0. The van der Waals surface area contributed by atoms with Crippen molar-refractivity contribution in [3.05, 3.63) is 83.9 Å². The molecule has 0 fully saturated rings. The van der Waals surface area contributed by atoms with Crippen molar-refractivity contribution in [3.8, 4) is 11.3 Å². The van der Waals surface area contributed by atoms with E-state index in [-0.39, 0.29) is 0 Å². The van der Waals surface area contributed by atoms with Gasteiger partial charge in [-0.2, -0.15) is 13.2 Å². The summed E-state index contributed by atoms with van der Waals surface area (Å²) in [5.41, 5.74) is 2.08. The van der Waals surface area contributed by atoms with E-state index in [2.05, 4.69) is 16.2 Å². The molecule has 4 aromatic rings. The van der Waals surface area contributed by atoms with Gasteiger partial charge in [-0.1, -0.05) is 29.4 Å². The van der Waals surface area contributed by atoms with Gasteiger partial charge in [-0.25, -0.2) is 0 Å². The Morgan fingerprint density at radius 2 is 1.62 bits per heavy atom. The topological polar surface area (TPSA) is 38.9 Å². The predicted molar refractivity (Wildman–Crippen MR) is 105 cm³/mol. The number of alkyl halides is 3. The van der Waals surface area contributed by atoms with Gasteiger partial charge in [0.05, 0.1) is 5.56 Å². The predicted octanol–water partition coefficient (Wildman–Crippen LogP) is 6.47. The highest BCUT2D eigenvalue weighted by molar-refractivity contribution is 5.85. The first kappa shape index (κ1) is 19.2. The van der Waals surface area contributed by atoms with Gasteiger partial charge < -0.3 is 4.52 Å². The molecule has 0 saturated heterocycles. The molecule has 0 aliphatic heterocycles. The van der Waals surface area contributed by atoms with Gasteiger partial charge in [-0.3, -0.25) is 4.98 Å². The van der Waals surface area contributed by atoms with Gasteiger partial charge in [0.25, 0.3) is 0 Å². The summed E-state index contributed by atoms with van der Waals surface area (Å²) in [6.07, 6.45) is 2.51. The summed E-state index contributed by atoms with van der Waals surface area (Å²) < 4.78 is 43.2. The number of hydrogen-bond acceptors (Lipinski definition) is 3. The fraction of sp³-hybridized carbons (Fsp3) is 0.217. The van der Waals surface area contributed by atoms with E-state index in [4.69, 9.17) is 4.52 Å². The van der Waals surface area contributed by atoms with E-state index in [0.29, 0.717) is 0 Å². The second-order valence-corrected chi connectivity index (χ2v) is 7.02. The van der Waals surface area contributed by atoms with Crippen LogP contribution in [0, 0.1) is 0 Å². The van der Waals surface area contributed by atoms with E-state index in [9.17, 15) is 13.2 Å². The molecule has 0 aliphatic rings. The van der Waals surface area contributed by atoms with Crippen molar-refractivity contribution in [3.63, 3.8) is 0 Å². The lowest BCUT2D eigenvalue weighted by molar-refractivity contribution is -0.137. The van der Waals surface area contributed by atoms with Gasteiger partial charge in [0.15, 0.2) is 0 Å². The van der Waals surface area contributed by atoms with E-state index in [0.717, 1.165) is 71.2 Å². The highest BCUT2D eigenvalue weighted by atomic mass is 19.4. The van der Waals surface area contributed by atoms with Crippen LogP contribution < -0.4 is 0 Å². The van der Waals surface area contributed by atoms with Gasteiger partial charge in [0.2, 0.25) is 0 Å². The number of halogens is 3. The summed E-state index contributed by atoms with van der Waals surface area (Å²) in [6, 6.07) is 15.3. The Hall–Kier alpha value is -3.15. The lowest BCUT2D eigenvalue weighted by atomic mass is 10.0. The lowest BCUT2D eigenvalue weighted by Gasteiger charge is -2.07. The zero-order valence-corrected chi connectivity index (χ0v) is 15.6. The number of benzene rings is 2. The zero-order valence-electron chi connectivity index (χ0n) is 15.6. The summed E-state index contributed by atoms with van der Waals surface area (Å²) >= 11 is 0. The van der Waals surface area contributed by atoms with E-state index >= 15 is 0 Å². The standard InChI is InChI=1S/C23H19F3N2O/c24-23(25,26)20-9-5-16(6-10-20)3-1-2-4-21-14-22(28-29-21)18-7-8-19-15-27-12-11-17(19)13-18/h5-15H,1-4H2. The van der Waals surface area contributed by atoms with Gasteiger partial charge in [0.1, 0.15) is 11.5 Å². The van der Waals surface area contributed by atoms with Crippen LogP contribution in [0.4, 0.5) is 13.2 Å². The van der Waals surface area contributed by atoms with Crippen LogP contribution in [0.1, 0.15) is 29.7 Å². The highest BCUT2D eigenvalue weighted by Gasteiger charge is 2.29. The van der Waals surface area contributed by atoms with Crippen molar-refractivity contribution in [2.24, 2.45) is 0 Å². The zero-order chi connectivity index (χ0) is 20.3. The van der Waals surface area contributed by atoms with Crippen LogP contribution in [0.3, 0.4) is 0 Å². The molecule has 0 saturated carbocycles. The van der Waals surface area contributed by atoms with Gasteiger partial charge >= 0.3 is 6.18 Å². The minimum Gasteiger partial charge on any atom is -0.361 e. The minimum absolute atomic E-state index is 0.611. The molecular weight excluding hydrogens is 377 g/mol. The average Bonchev–Trinajstić information content (AvgIpc) is 3.19. The second kappa shape index (κ2) is 8.07. The Bertz CT molecular complexity index is 1100. The smallest absolute Gasteiger partial charge is 0.361 e. The van der Waals surface area contributed by atoms with Gasteiger partial charge in [0, 0.05) is 35.8 Å². The molecule has 0 atom stereocenters. The first-order valence-electron chi connectivity index (χ1n) is 9.45. The monoisotopic (exact) mass is 396 g/mol. The van der Waals surface area contributed by atoms with Crippen LogP contribution in [-0.4, -0.2) is 10.1 Å². The maximum atomic E-state index is 12.6. The third-order valence-corrected chi connectivity index (χ3v) is 4.92. The lowest BCUT2D eigenvalue weighted by Crippen LogP contribution is -2.04. The van der Waals surface area contributed by atoms with Crippen molar-refractivity contribution < 1.29 is 17.7 Å². The third kappa shape index (κ3) is 4.65. The van der Waals surface area contributed by atoms with Crippen LogP contribution in [0.25, 0.3) is 22.0 Å². The summed E-state index contributed by atoms with van der Waals surface area (Å²) in [7, 11) is 0. The molecule has 0 N–H and O–H groups in total. The number of fused-ring (bicyclic) bond motifs is 1. The number of unbranched alkanes of at least 4 members (excludes halogenated alkanes) is 1. The number of rotatable bonds is 6. The molecule has 2 aromatic carbocycles. The molecule has 29 heavy (non-hydrogen) atoms. The molecule has 0 spiro atoms. The first-order valence-corrected chi connectivity index (χ1v) is 9.45. The van der Waals surface area contributed by atoms with Crippen LogP contribution in [0.2, 0.25) is 0 Å². The second-order valence-electron chi connectivity index (χ2n) is 7.02. The van der Waals surface area contributed by atoms with Crippen molar-refractivity contribution in [2.45, 2.75) is 31.9 Å². The minimum atomic E-state index is -4.29. The molecule has 4 rings (SSSR count). The van der Waals surface area contributed by atoms with Gasteiger partial charge in [-0.05, 0) is 54.5 Å². The van der Waals surface area contributed by atoms with E-state index < -0.39 is 11.7 Å². The molecule has 148 valence electrons. The molecular formula is C23H19F3N2O. The average molecular weight is 396 g/mol. The first-order chi connectivity index (χ1) is 14.0. The van der Waals surface area contributed by atoms with E-state index in [1.54, 1.807) is 18.3 Å². The molecule has 2 aromatic heterocycles. The Labute approximate surface area is 166 Å². The maximum absolute atomic E-state index is 12.6. The molecule has 2 heterocycles. The number of nitrogens with zero attached hydrogens (tertiary/aromatic N) is 2. The fourth-order valence-corrected chi connectivity index (χ4v) is 3.30. The Kier molecular flexibility index (Phi) is 5.34. The molecule has 0 radical (unpaired) electrons. The SMILES string of the molecule is FC(F)(F)c1ccc(CCCCc2cc(-c3ccc4cnccc4c3)no2)cc1. The molecule has 6 heteroatoms.